The topological polar surface area (TPSA) is 37.3 Å². The zero-order chi connectivity index (χ0) is 14.9. The molecule has 2 rings (SSSR count). The van der Waals surface area contributed by atoms with Crippen molar-refractivity contribution in [2.45, 2.75) is 33.6 Å². The Kier molecular flexibility index (Phi) is 3.93. The number of hydrogen-bond acceptors (Lipinski definition) is 1. The fourth-order valence-corrected chi connectivity index (χ4v) is 2.73. The largest absolute Gasteiger partial charge is 0.481 e. The van der Waals surface area contributed by atoms with Crippen LogP contribution in [0.3, 0.4) is 0 Å². The number of carbonyl (C=O) groups is 1. The minimum atomic E-state index is -0.802. The van der Waals surface area contributed by atoms with Crippen molar-refractivity contribution in [1.29, 1.82) is 0 Å². The molecule has 0 heterocycles. The smallest absolute Gasteiger partial charge is 0.315 e. The summed E-state index contributed by atoms with van der Waals surface area (Å²) in [5.41, 5.74) is 6.09. The maximum absolute atomic E-state index is 11.8. The van der Waals surface area contributed by atoms with Crippen LogP contribution in [0.4, 0.5) is 0 Å². The Hall–Kier alpha value is -2.09. The van der Waals surface area contributed by atoms with Gasteiger partial charge >= 0.3 is 5.97 Å². The Bertz CT molecular complexity index is 605. The van der Waals surface area contributed by atoms with E-state index in [2.05, 4.69) is 0 Å². The van der Waals surface area contributed by atoms with E-state index < -0.39 is 11.9 Å². The van der Waals surface area contributed by atoms with Crippen LogP contribution in [0.5, 0.6) is 0 Å². The van der Waals surface area contributed by atoms with Gasteiger partial charge in [-0.15, -0.1) is 0 Å². The van der Waals surface area contributed by atoms with Gasteiger partial charge in [-0.1, -0.05) is 47.5 Å². The van der Waals surface area contributed by atoms with Crippen LogP contribution in [0.2, 0.25) is 0 Å². The molecule has 0 radical (unpaired) electrons. The van der Waals surface area contributed by atoms with Crippen LogP contribution in [0.1, 0.15) is 39.3 Å². The van der Waals surface area contributed by atoms with Gasteiger partial charge in [-0.25, -0.2) is 0 Å². The summed E-state index contributed by atoms with van der Waals surface area (Å²) >= 11 is 0. The van der Waals surface area contributed by atoms with Gasteiger partial charge in [0.05, 0.1) is 0 Å². The van der Waals surface area contributed by atoms with E-state index in [1.54, 1.807) is 0 Å². The summed E-state index contributed by atoms with van der Waals surface area (Å²) in [5, 5.41) is 9.67. The zero-order valence-corrected chi connectivity index (χ0v) is 12.4. The molecule has 0 bridgehead atoms. The number of hydrogen-bond donors (Lipinski definition) is 1. The summed E-state index contributed by atoms with van der Waals surface area (Å²) in [7, 11) is 0. The van der Waals surface area contributed by atoms with E-state index in [0.717, 1.165) is 33.4 Å². The van der Waals surface area contributed by atoms with Crippen LogP contribution in [-0.4, -0.2) is 11.1 Å². The maximum Gasteiger partial charge on any atom is 0.315 e. The van der Waals surface area contributed by atoms with E-state index in [9.17, 15) is 9.90 Å². The van der Waals surface area contributed by atoms with Crippen LogP contribution in [0.25, 0.3) is 0 Å². The molecule has 20 heavy (non-hydrogen) atoms. The number of carboxylic acid groups (broad SMARTS) is 1. The molecule has 2 nitrogen and oxygen atoms in total. The molecule has 2 heteroatoms. The molecule has 0 saturated carbocycles. The quantitative estimate of drug-likeness (QED) is 0.908. The molecule has 0 aromatic heterocycles. The average Bonchev–Trinajstić information content (AvgIpc) is 2.34. The molecule has 0 spiro atoms. The third-order valence-electron chi connectivity index (χ3n) is 3.72. The lowest BCUT2D eigenvalue weighted by Gasteiger charge is -2.18. The predicted octanol–water partition coefficient (Wildman–Crippen LogP) is 4.14. The van der Waals surface area contributed by atoms with Crippen molar-refractivity contribution in [3.63, 3.8) is 0 Å². The molecule has 0 saturated heterocycles. The van der Waals surface area contributed by atoms with E-state index >= 15 is 0 Å². The lowest BCUT2D eigenvalue weighted by Crippen LogP contribution is -2.15. The van der Waals surface area contributed by atoms with Crippen molar-refractivity contribution in [3.8, 4) is 0 Å². The molecule has 0 fully saturated rings. The summed E-state index contributed by atoms with van der Waals surface area (Å²) in [6.45, 7) is 7.98. The SMILES string of the molecule is Cc1ccc(C(C(=O)O)c2ccc(C)cc2C)c(C)c1. The van der Waals surface area contributed by atoms with E-state index in [0.29, 0.717) is 0 Å². The van der Waals surface area contributed by atoms with Gasteiger partial charge in [0, 0.05) is 0 Å². The molecule has 2 aromatic rings. The fraction of sp³-hybridized carbons (Fsp3) is 0.278. The van der Waals surface area contributed by atoms with Crippen molar-refractivity contribution in [3.05, 3.63) is 69.8 Å². The van der Waals surface area contributed by atoms with Crippen LogP contribution in [0.15, 0.2) is 36.4 Å². The molecule has 0 aliphatic carbocycles. The highest BCUT2D eigenvalue weighted by atomic mass is 16.4. The first kappa shape index (κ1) is 14.3. The summed E-state index contributed by atoms with van der Waals surface area (Å²) in [6, 6.07) is 11.9. The monoisotopic (exact) mass is 268 g/mol. The summed E-state index contributed by atoms with van der Waals surface area (Å²) in [5.74, 6) is -1.40. The number of rotatable bonds is 3. The van der Waals surface area contributed by atoms with Crippen LogP contribution in [0, 0.1) is 27.7 Å². The Morgan fingerprint density at radius 1 is 0.850 bits per heavy atom. The molecule has 2 aromatic carbocycles. The predicted molar refractivity (Wildman–Crippen MR) is 81.3 cm³/mol. The van der Waals surface area contributed by atoms with Gasteiger partial charge in [-0.3, -0.25) is 4.79 Å². The second-order valence-electron chi connectivity index (χ2n) is 5.49. The molecule has 0 amide bonds. The Labute approximate surface area is 120 Å². The van der Waals surface area contributed by atoms with Crippen LogP contribution in [-0.2, 0) is 4.79 Å². The van der Waals surface area contributed by atoms with Gasteiger partial charge in [0.2, 0.25) is 0 Å². The third kappa shape index (κ3) is 2.74. The van der Waals surface area contributed by atoms with Gasteiger partial charge in [0.15, 0.2) is 0 Å². The number of carboxylic acids is 1. The van der Waals surface area contributed by atoms with E-state index in [1.165, 1.54) is 0 Å². The molecular weight excluding hydrogens is 248 g/mol. The van der Waals surface area contributed by atoms with Crippen LogP contribution < -0.4 is 0 Å². The highest BCUT2D eigenvalue weighted by molar-refractivity contribution is 5.81. The van der Waals surface area contributed by atoms with Gasteiger partial charge in [-0.2, -0.15) is 0 Å². The third-order valence-corrected chi connectivity index (χ3v) is 3.72. The molecule has 0 atom stereocenters. The van der Waals surface area contributed by atoms with E-state index in [-0.39, 0.29) is 0 Å². The van der Waals surface area contributed by atoms with Crippen molar-refractivity contribution < 1.29 is 9.90 Å². The maximum atomic E-state index is 11.8. The minimum absolute atomic E-state index is 0.601. The second kappa shape index (κ2) is 5.49. The zero-order valence-electron chi connectivity index (χ0n) is 12.4. The van der Waals surface area contributed by atoms with Gasteiger partial charge < -0.3 is 5.11 Å². The number of aliphatic carboxylic acids is 1. The first-order valence-corrected chi connectivity index (χ1v) is 6.77. The highest BCUT2D eigenvalue weighted by Crippen LogP contribution is 2.30. The second-order valence-corrected chi connectivity index (χ2v) is 5.49. The van der Waals surface area contributed by atoms with Gasteiger partial charge in [0.25, 0.3) is 0 Å². The minimum Gasteiger partial charge on any atom is -0.481 e. The Morgan fingerprint density at radius 2 is 1.25 bits per heavy atom. The van der Waals surface area contributed by atoms with Crippen molar-refractivity contribution >= 4 is 5.97 Å². The average molecular weight is 268 g/mol. The summed E-state index contributed by atoms with van der Waals surface area (Å²) < 4.78 is 0. The summed E-state index contributed by atoms with van der Waals surface area (Å²) in [6.07, 6.45) is 0. The van der Waals surface area contributed by atoms with E-state index in [4.69, 9.17) is 0 Å². The van der Waals surface area contributed by atoms with Gasteiger partial charge in [0.1, 0.15) is 5.92 Å². The lowest BCUT2D eigenvalue weighted by molar-refractivity contribution is -0.137. The summed E-state index contributed by atoms with van der Waals surface area (Å²) in [4.78, 5) is 11.8. The molecule has 1 N–H and O–H groups in total. The highest BCUT2D eigenvalue weighted by Gasteiger charge is 2.25. The number of aryl methyl sites for hydroxylation is 4. The van der Waals surface area contributed by atoms with Gasteiger partial charge in [-0.05, 0) is 49.9 Å². The fourth-order valence-electron chi connectivity index (χ4n) is 2.73. The van der Waals surface area contributed by atoms with Crippen LogP contribution >= 0.6 is 0 Å². The van der Waals surface area contributed by atoms with Crippen molar-refractivity contribution in [2.24, 2.45) is 0 Å². The molecular formula is C18H20O2. The molecule has 104 valence electrons. The van der Waals surface area contributed by atoms with Crippen molar-refractivity contribution in [2.75, 3.05) is 0 Å². The lowest BCUT2D eigenvalue weighted by atomic mass is 9.85. The normalized spacial score (nSPS) is 10.8. The molecule has 0 aliphatic rings. The van der Waals surface area contributed by atoms with Crippen molar-refractivity contribution in [1.82, 2.24) is 0 Å². The first-order valence-electron chi connectivity index (χ1n) is 6.77. The number of benzene rings is 2. The molecule has 0 unspecified atom stereocenters. The first-order chi connectivity index (χ1) is 9.40. The standard InChI is InChI=1S/C18H20O2/c1-11-5-7-15(13(3)9-11)17(18(19)20)16-8-6-12(2)10-14(16)4/h5-10,17H,1-4H3,(H,19,20). The Morgan fingerprint density at radius 3 is 1.55 bits per heavy atom. The Balaban J connectivity index is 2.59. The molecule has 0 aliphatic heterocycles. The van der Waals surface area contributed by atoms with E-state index in [1.807, 2.05) is 64.1 Å².